The maximum atomic E-state index is 10.7. The normalized spacial score (nSPS) is 42.1. The molecule has 2 heteroatoms. The summed E-state index contributed by atoms with van der Waals surface area (Å²) >= 11 is 0. The molecule has 2 rings (SSSR count). The molecular weight excluding hydrogens is 152 g/mol. The van der Waals surface area contributed by atoms with Crippen LogP contribution in [0.1, 0.15) is 33.6 Å². The molecule has 0 N–H and O–H groups in total. The second-order valence-electron chi connectivity index (χ2n) is 4.74. The molecule has 0 aromatic rings. The molecular formula is C10H16O2. The maximum Gasteiger partial charge on any atom is 0.302 e. The van der Waals surface area contributed by atoms with Gasteiger partial charge >= 0.3 is 5.97 Å². The number of rotatable bonds is 1. The molecule has 68 valence electrons. The molecule has 2 aliphatic carbocycles. The van der Waals surface area contributed by atoms with E-state index in [9.17, 15) is 4.79 Å². The molecule has 0 unspecified atom stereocenters. The molecule has 0 aromatic heterocycles. The van der Waals surface area contributed by atoms with Gasteiger partial charge in [0.05, 0.1) is 0 Å². The Kier molecular flexibility index (Phi) is 1.51. The average Bonchev–Trinajstić information content (AvgIpc) is 2.38. The molecule has 0 heterocycles. The van der Waals surface area contributed by atoms with E-state index in [1.54, 1.807) is 0 Å². The van der Waals surface area contributed by atoms with Crippen molar-refractivity contribution in [3.63, 3.8) is 0 Å². The van der Waals surface area contributed by atoms with Crippen molar-refractivity contribution in [3.05, 3.63) is 0 Å². The molecule has 0 saturated heterocycles. The van der Waals surface area contributed by atoms with Gasteiger partial charge in [-0.05, 0) is 30.1 Å². The van der Waals surface area contributed by atoms with Crippen LogP contribution in [0.4, 0.5) is 0 Å². The lowest BCUT2D eigenvalue weighted by Gasteiger charge is -2.16. The topological polar surface area (TPSA) is 26.3 Å². The zero-order valence-electron chi connectivity index (χ0n) is 7.96. The van der Waals surface area contributed by atoms with Crippen molar-refractivity contribution in [2.24, 2.45) is 17.3 Å². The number of hydrogen-bond acceptors (Lipinski definition) is 2. The van der Waals surface area contributed by atoms with Crippen molar-refractivity contribution in [2.45, 2.75) is 39.7 Å². The summed E-state index contributed by atoms with van der Waals surface area (Å²) in [5, 5.41) is 0. The number of carbonyl (C=O) groups is 1. The van der Waals surface area contributed by atoms with Crippen LogP contribution >= 0.6 is 0 Å². The molecule has 2 aliphatic rings. The lowest BCUT2D eigenvalue weighted by molar-refractivity contribution is -0.146. The summed E-state index contributed by atoms with van der Waals surface area (Å²) in [6.07, 6.45) is 2.42. The van der Waals surface area contributed by atoms with Gasteiger partial charge in [0.15, 0.2) is 0 Å². The Balaban J connectivity index is 1.86. The summed E-state index contributed by atoms with van der Waals surface area (Å²) in [6, 6.07) is 0. The minimum Gasteiger partial charge on any atom is -0.463 e. The first-order valence-corrected chi connectivity index (χ1v) is 4.69. The summed E-state index contributed by atoms with van der Waals surface area (Å²) < 4.78 is 5.17. The van der Waals surface area contributed by atoms with Crippen LogP contribution in [0.2, 0.25) is 0 Å². The number of hydrogen-bond donors (Lipinski definition) is 0. The van der Waals surface area contributed by atoms with E-state index < -0.39 is 0 Å². The number of carbonyl (C=O) groups excluding carboxylic acids is 1. The van der Waals surface area contributed by atoms with Gasteiger partial charge in [0.25, 0.3) is 0 Å². The van der Waals surface area contributed by atoms with Crippen LogP contribution in [-0.4, -0.2) is 12.1 Å². The van der Waals surface area contributed by atoms with E-state index in [1.165, 1.54) is 6.92 Å². The van der Waals surface area contributed by atoms with Crippen molar-refractivity contribution < 1.29 is 9.53 Å². The summed E-state index contributed by atoms with van der Waals surface area (Å²) in [7, 11) is 0. The number of fused-ring (bicyclic) bond motifs is 1. The van der Waals surface area contributed by atoms with Crippen LogP contribution in [0.15, 0.2) is 0 Å². The van der Waals surface area contributed by atoms with E-state index in [0.717, 1.165) is 24.7 Å². The number of ether oxygens (including phenoxy) is 1. The standard InChI is InChI=1S/C10H16O2/c1-6(11)12-7-4-8-9(5-7)10(8,2)3/h7-9H,4-5H2,1-3H3/t7-,8-,9+. The molecule has 2 saturated carbocycles. The number of esters is 1. The fourth-order valence-electron chi connectivity index (χ4n) is 2.79. The van der Waals surface area contributed by atoms with Crippen LogP contribution in [-0.2, 0) is 9.53 Å². The predicted octanol–water partition coefficient (Wildman–Crippen LogP) is 1.98. The third kappa shape index (κ3) is 1.05. The van der Waals surface area contributed by atoms with Gasteiger partial charge in [0, 0.05) is 6.92 Å². The van der Waals surface area contributed by atoms with Crippen molar-refractivity contribution in [3.8, 4) is 0 Å². The van der Waals surface area contributed by atoms with E-state index in [4.69, 9.17) is 4.74 Å². The summed E-state index contributed by atoms with van der Waals surface area (Å²) in [4.78, 5) is 10.7. The van der Waals surface area contributed by atoms with Gasteiger partial charge in [-0.1, -0.05) is 13.8 Å². The molecule has 0 aromatic carbocycles. The first-order valence-electron chi connectivity index (χ1n) is 4.69. The van der Waals surface area contributed by atoms with E-state index in [-0.39, 0.29) is 12.1 Å². The monoisotopic (exact) mass is 168 g/mol. The minimum absolute atomic E-state index is 0.126. The van der Waals surface area contributed by atoms with Crippen LogP contribution in [0.5, 0.6) is 0 Å². The van der Waals surface area contributed by atoms with Crippen molar-refractivity contribution in [1.82, 2.24) is 0 Å². The Morgan fingerprint density at radius 2 is 1.83 bits per heavy atom. The fraction of sp³-hybridized carbons (Fsp3) is 0.900. The van der Waals surface area contributed by atoms with E-state index in [1.807, 2.05) is 0 Å². The molecule has 2 nitrogen and oxygen atoms in total. The second kappa shape index (κ2) is 2.24. The van der Waals surface area contributed by atoms with Gasteiger partial charge in [-0.3, -0.25) is 4.79 Å². The van der Waals surface area contributed by atoms with Gasteiger partial charge in [0.2, 0.25) is 0 Å². The van der Waals surface area contributed by atoms with Crippen LogP contribution in [0.25, 0.3) is 0 Å². The Morgan fingerprint density at radius 1 is 1.33 bits per heavy atom. The Bertz CT molecular complexity index is 206. The van der Waals surface area contributed by atoms with Crippen molar-refractivity contribution in [2.75, 3.05) is 0 Å². The Morgan fingerprint density at radius 3 is 2.25 bits per heavy atom. The Hall–Kier alpha value is -0.530. The van der Waals surface area contributed by atoms with Crippen LogP contribution in [0.3, 0.4) is 0 Å². The smallest absolute Gasteiger partial charge is 0.302 e. The summed E-state index contributed by atoms with van der Waals surface area (Å²) in [6.45, 7) is 6.12. The highest BCUT2D eigenvalue weighted by Gasteiger charge is 2.62. The van der Waals surface area contributed by atoms with Gasteiger partial charge < -0.3 is 4.74 Å². The SMILES string of the molecule is CC(=O)O[C@@H]1C[C@@H]2[C@H](C1)C2(C)C. The quantitative estimate of drug-likeness (QED) is 0.560. The largest absolute Gasteiger partial charge is 0.463 e. The zero-order valence-corrected chi connectivity index (χ0v) is 7.96. The van der Waals surface area contributed by atoms with E-state index in [0.29, 0.717) is 5.41 Å². The second-order valence-corrected chi connectivity index (χ2v) is 4.74. The fourth-order valence-corrected chi connectivity index (χ4v) is 2.79. The summed E-state index contributed by atoms with van der Waals surface area (Å²) in [5.74, 6) is 1.52. The first-order chi connectivity index (χ1) is 5.51. The van der Waals surface area contributed by atoms with Gasteiger partial charge in [-0.25, -0.2) is 0 Å². The highest BCUT2D eigenvalue weighted by atomic mass is 16.5. The van der Waals surface area contributed by atoms with Crippen LogP contribution < -0.4 is 0 Å². The van der Waals surface area contributed by atoms with Gasteiger partial charge in [-0.2, -0.15) is 0 Å². The Labute approximate surface area is 73.3 Å². The first kappa shape index (κ1) is 8.09. The molecule has 0 radical (unpaired) electrons. The van der Waals surface area contributed by atoms with E-state index >= 15 is 0 Å². The lowest BCUT2D eigenvalue weighted by Crippen LogP contribution is -2.17. The lowest BCUT2D eigenvalue weighted by atomic mass is 9.99. The minimum atomic E-state index is -0.126. The highest BCUT2D eigenvalue weighted by molar-refractivity contribution is 5.66. The highest BCUT2D eigenvalue weighted by Crippen LogP contribution is 2.67. The predicted molar refractivity (Wildman–Crippen MR) is 45.5 cm³/mol. The third-order valence-corrected chi connectivity index (χ3v) is 3.65. The molecule has 0 aliphatic heterocycles. The molecule has 12 heavy (non-hydrogen) atoms. The van der Waals surface area contributed by atoms with Crippen LogP contribution in [0, 0.1) is 17.3 Å². The van der Waals surface area contributed by atoms with Gasteiger partial charge in [0.1, 0.15) is 6.10 Å². The molecule has 2 fully saturated rings. The maximum absolute atomic E-state index is 10.7. The summed E-state index contributed by atoms with van der Waals surface area (Å²) in [5.41, 5.74) is 0.538. The van der Waals surface area contributed by atoms with Crippen molar-refractivity contribution in [1.29, 1.82) is 0 Å². The molecule has 0 bridgehead atoms. The van der Waals surface area contributed by atoms with E-state index in [2.05, 4.69) is 13.8 Å². The van der Waals surface area contributed by atoms with Gasteiger partial charge in [-0.15, -0.1) is 0 Å². The molecule has 3 atom stereocenters. The zero-order chi connectivity index (χ0) is 8.93. The third-order valence-electron chi connectivity index (χ3n) is 3.65. The molecule has 0 amide bonds. The molecule has 0 spiro atoms. The van der Waals surface area contributed by atoms with Crippen molar-refractivity contribution >= 4 is 5.97 Å². The average molecular weight is 168 g/mol.